The molecule has 1 fully saturated rings. The van der Waals surface area contributed by atoms with E-state index in [-0.39, 0.29) is 0 Å². The highest BCUT2D eigenvalue weighted by Gasteiger charge is 2.17. The van der Waals surface area contributed by atoms with Crippen molar-refractivity contribution in [2.24, 2.45) is 5.92 Å². The molecule has 3 rings (SSSR count). The van der Waals surface area contributed by atoms with Crippen LogP contribution in [0.2, 0.25) is 0 Å². The van der Waals surface area contributed by atoms with Gasteiger partial charge in [0.2, 0.25) is 0 Å². The Kier molecular flexibility index (Phi) is 5.51. The zero-order valence-electron chi connectivity index (χ0n) is 14.5. The molecule has 1 unspecified atom stereocenters. The lowest BCUT2D eigenvalue weighted by Gasteiger charge is -2.31. The van der Waals surface area contributed by atoms with Gasteiger partial charge in [-0.15, -0.1) is 0 Å². The number of nitrogens with zero attached hydrogens (tertiary/aromatic N) is 3. The van der Waals surface area contributed by atoms with Gasteiger partial charge < -0.3 is 15.0 Å². The van der Waals surface area contributed by atoms with E-state index < -0.39 is 0 Å². The van der Waals surface area contributed by atoms with Crippen molar-refractivity contribution < 1.29 is 4.74 Å². The smallest absolute Gasteiger partial charge is 0.134 e. The molecule has 5 nitrogen and oxygen atoms in total. The molecule has 1 aliphatic rings. The van der Waals surface area contributed by atoms with Gasteiger partial charge >= 0.3 is 0 Å². The van der Waals surface area contributed by atoms with Crippen molar-refractivity contribution >= 4 is 11.6 Å². The van der Waals surface area contributed by atoms with Crippen LogP contribution in [0.4, 0.5) is 11.6 Å². The van der Waals surface area contributed by atoms with Gasteiger partial charge in [0.15, 0.2) is 0 Å². The summed E-state index contributed by atoms with van der Waals surface area (Å²) in [5, 5.41) is 3.40. The maximum absolute atomic E-state index is 5.18. The predicted octanol–water partition coefficient (Wildman–Crippen LogP) is 3.38. The minimum Gasteiger partial charge on any atom is -0.497 e. The van der Waals surface area contributed by atoms with Crippen molar-refractivity contribution in [1.29, 1.82) is 0 Å². The van der Waals surface area contributed by atoms with Crippen molar-refractivity contribution in [3.8, 4) is 5.75 Å². The molecule has 2 aromatic rings. The summed E-state index contributed by atoms with van der Waals surface area (Å²) < 4.78 is 5.18. The summed E-state index contributed by atoms with van der Waals surface area (Å²) in [6, 6.07) is 10.2. The molecule has 0 bridgehead atoms. The van der Waals surface area contributed by atoms with Gasteiger partial charge in [-0.3, -0.25) is 0 Å². The first-order chi connectivity index (χ1) is 11.7. The lowest BCUT2D eigenvalue weighted by Crippen LogP contribution is -2.34. The highest BCUT2D eigenvalue weighted by molar-refractivity contribution is 5.48. The predicted molar refractivity (Wildman–Crippen MR) is 97.8 cm³/mol. The van der Waals surface area contributed by atoms with Crippen molar-refractivity contribution in [3.63, 3.8) is 0 Å². The molecule has 0 amide bonds. The lowest BCUT2D eigenvalue weighted by molar-refractivity contribution is 0.414. The third-order valence-corrected chi connectivity index (χ3v) is 4.51. The molecule has 128 valence electrons. The van der Waals surface area contributed by atoms with Gasteiger partial charge in [0.05, 0.1) is 7.11 Å². The molecular weight excluding hydrogens is 300 g/mol. The fraction of sp³-hybridized carbons (Fsp3) is 0.474. The Morgan fingerprint density at radius 2 is 2.08 bits per heavy atom. The number of ether oxygens (including phenoxy) is 1. The molecule has 1 N–H and O–H groups in total. The molecule has 0 aliphatic carbocycles. The zero-order chi connectivity index (χ0) is 16.8. The van der Waals surface area contributed by atoms with E-state index in [2.05, 4.69) is 45.3 Å². The van der Waals surface area contributed by atoms with E-state index in [9.17, 15) is 0 Å². The Labute approximate surface area is 144 Å². The van der Waals surface area contributed by atoms with E-state index in [4.69, 9.17) is 4.74 Å². The van der Waals surface area contributed by atoms with E-state index in [0.29, 0.717) is 0 Å². The minimum atomic E-state index is 0.736. The molecule has 1 aliphatic heterocycles. The first kappa shape index (κ1) is 16.6. The summed E-state index contributed by atoms with van der Waals surface area (Å²) in [5.74, 6) is 3.55. The molecule has 0 radical (unpaired) electrons. The van der Waals surface area contributed by atoms with Crippen LogP contribution in [0.15, 0.2) is 36.7 Å². The minimum absolute atomic E-state index is 0.736. The monoisotopic (exact) mass is 326 g/mol. The summed E-state index contributed by atoms with van der Waals surface area (Å²) >= 11 is 0. The van der Waals surface area contributed by atoms with Crippen molar-refractivity contribution in [1.82, 2.24) is 9.97 Å². The average Bonchev–Trinajstić information content (AvgIpc) is 2.63. The third kappa shape index (κ3) is 4.37. The van der Waals surface area contributed by atoms with Gasteiger partial charge in [0, 0.05) is 25.7 Å². The van der Waals surface area contributed by atoms with E-state index >= 15 is 0 Å². The van der Waals surface area contributed by atoms with Crippen LogP contribution in [-0.2, 0) is 6.42 Å². The maximum Gasteiger partial charge on any atom is 0.134 e. The SMILES string of the molecule is COc1ccc(CCNc2cc(N3CCCC(C)C3)ncn2)cc1. The summed E-state index contributed by atoms with van der Waals surface area (Å²) in [4.78, 5) is 11.2. The molecule has 1 saturated heterocycles. The summed E-state index contributed by atoms with van der Waals surface area (Å²) in [7, 11) is 1.69. The molecule has 1 aromatic heterocycles. The number of hydrogen-bond acceptors (Lipinski definition) is 5. The van der Waals surface area contributed by atoms with Gasteiger partial charge in [-0.05, 0) is 42.9 Å². The quantitative estimate of drug-likeness (QED) is 0.882. The van der Waals surface area contributed by atoms with Crippen molar-refractivity contribution in [2.75, 3.05) is 37.0 Å². The molecular formula is C19H26N4O. The summed E-state index contributed by atoms with van der Waals surface area (Å²) in [6.07, 6.45) is 5.16. The van der Waals surface area contributed by atoms with Crippen LogP contribution in [0.3, 0.4) is 0 Å². The molecule has 1 aromatic carbocycles. The van der Waals surface area contributed by atoms with Crippen LogP contribution < -0.4 is 15.0 Å². The number of rotatable bonds is 6. The molecule has 5 heteroatoms. The van der Waals surface area contributed by atoms with E-state index in [1.165, 1.54) is 18.4 Å². The summed E-state index contributed by atoms with van der Waals surface area (Å²) in [5.41, 5.74) is 1.28. The van der Waals surface area contributed by atoms with Gasteiger partial charge in [0.25, 0.3) is 0 Å². The average molecular weight is 326 g/mol. The largest absolute Gasteiger partial charge is 0.497 e. The van der Waals surface area contributed by atoms with Crippen LogP contribution in [0.5, 0.6) is 5.75 Å². The van der Waals surface area contributed by atoms with Gasteiger partial charge in [-0.2, -0.15) is 0 Å². The van der Waals surface area contributed by atoms with Crippen LogP contribution in [0, 0.1) is 5.92 Å². The Hall–Kier alpha value is -2.30. The molecule has 24 heavy (non-hydrogen) atoms. The first-order valence-corrected chi connectivity index (χ1v) is 8.68. The maximum atomic E-state index is 5.18. The number of aromatic nitrogens is 2. The Bertz CT molecular complexity index is 644. The van der Waals surface area contributed by atoms with Gasteiger partial charge in [0.1, 0.15) is 23.7 Å². The Balaban J connectivity index is 1.54. The van der Waals surface area contributed by atoms with Crippen LogP contribution >= 0.6 is 0 Å². The number of methoxy groups -OCH3 is 1. The van der Waals surface area contributed by atoms with Crippen LogP contribution in [0.1, 0.15) is 25.3 Å². The number of piperidine rings is 1. The van der Waals surface area contributed by atoms with E-state index in [1.54, 1.807) is 13.4 Å². The summed E-state index contributed by atoms with van der Waals surface area (Å²) in [6.45, 7) is 5.33. The molecule has 1 atom stereocenters. The fourth-order valence-corrected chi connectivity index (χ4v) is 3.14. The third-order valence-electron chi connectivity index (χ3n) is 4.51. The van der Waals surface area contributed by atoms with Crippen LogP contribution in [-0.4, -0.2) is 36.7 Å². The second kappa shape index (κ2) is 7.99. The fourth-order valence-electron chi connectivity index (χ4n) is 3.14. The van der Waals surface area contributed by atoms with E-state index in [0.717, 1.165) is 49.4 Å². The number of hydrogen-bond donors (Lipinski definition) is 1. The standard InChI is InChI=1S/C19H26N4O/c1-15-4-3-11-23(13-15)19-12-18(21-14-22-19)20-10-9-16-5-7-17(24-2)8-6-16/h5-8,12,14-15H,3-4,9-11,13H2,1-2H3,(H,20,21,22). The van der Waals surface area contributed by atoms with Crippen molar-refractivity contribution in [3.05, 3.63) is 42.2 Å². The second-order valence-electron chi connectivity index (χ2n) is 6.48. The Morgan fingerprint density at radius 1 is 1.25 bits per heavy atom. The normalized spacial score (nSPS) is 17.6. The molecule has 2 heterocycles. The number of anilines is 2. The highest BCUT2D eigenvalue weighted by atomic mass is 16.5. The number of nitrogens with one attached hydrogen (secondary N) is 1. The van der Waals surface area contributed by atoms with Gasteiger partial charge in [-0.1, -0.05) is 19.1 Å². The Morgan fingerprint density at radius 3 is 2.83 bits per heavy atom. The second-order valence-corrected chi connectivity index (χ2v) is 6.48. The topological polar surface area (TPSA) is 50.3 Å². The zero-order valence-corrected chi connectivity index (χ0v) is 14.5. The van der Waals surface area contributed by atoms with E-state index in [1.807, 2.05) is 12.1 Å². The lowest BCUT2D eigenvalue weighted by atomic mass is 10.0. The van der Waals surface area contributed by atoms with Crippen molar-refractivity contribution in [2.45, 2.75) is 26.2 Å². The highest BCUT2D eigenvalue weighted by Crippen LogP contribution is 2.22. The van der Waals surface area contributed by atoms with Gasteiger partial charge in [-0.25, -0.2) is 9.97 Å². The number of benzene rings is 1. The van der Waals surface area contributed by atoms with Crippen LogP contribution in [0.25, 0.3) is 0 Å². The first-order valence-electron chi connectivity index (χ1n) is 8.68. The molecule has 0 saturated carbocycles. The molecule has 0 spiro atoms.